The summed E-state index contributed by atoms with van der Waals surface area (Å²) < 4.78 is 29.2. The molecule has 3 aliphatic heterocycles. The number of fused-ring (bicyclic) bond motifs is 14. The summed E-state index contributed by atoms with van der Waals surface area (Å²) in [4.78, 5) is 45.9. The Kier molecular flexibility index (Phi) is 14.9. The van der Waals surface area contributed by atoms with E-state index >= 15 is 0 Å². The van der Waals surface area contributed by atoms with Crippen LogP contribution in [0, 0.1) is 30.6 Å². The summed E-state index contributed by atoms with van der Waals surface area (Å²) in [6.07, 6.45) is 4.39. The molecule has 0 aromatic heterocycles. The summed E-state index contributed by atoms with van der Waals surface area (Å²) in [6, 6.07) is 8.99. The van der Waals surface area contributed by atoms with Crippen LogP contribution in [-0.4, -0.2) is 99.9 Å². The van der Waals surface area contributed by atoms with Gasteiger partial charge in [-0.05, 0) is 32.1 Å². The Morgan fingerprint density at radius 2 is 1.61 bits per heavy atom. The number of nitrogens with one attached hydrogen (secondary N) is 1. The van der Waals surface area contributed by atoms with Crippen LogP contribution in [-0.2, 0) is 28.6 Å². The van der Waals surface area contributed by atoms with Gasteiger partial charge < -0.3 is 59.4 Å². The molecular weight excluding hydrogens is 805 g/mol. The molecule has 16 heteroatoms. The maximum Gasteiger partial charge on any atom is 0.312 e. The number of hydrogen-bond acceptors (Lipinski definition) is 15. The van der Waals surface area contributed by atoms with Crippen LogP contribution in [0.2, 0.25) is 0 Å². The average molecular weight is 861 g/mol. The van der Waals surface area contributed by atoms with Crippen molar-refractivity contribution in [3.05, 3.63) is 83.2 Å². The second-order valence-electron chi connectivity index (χ2n) is 15.8. The number of ketones is 1. The highest BCUT2D eigenvalue weighted by Crippen LogP contribution is 2.55. The van der Waals surface area contributed by atoms with E-state index in [1.807, 2.05) is 18.2 Å². The van der Waals surface area contributed by atoms with Gasteiger partial charge in [0.15, 0.2) is 12.4 Å². The number of nitrogens with zero attached hydrogens (tertiary/aromatic N) is 1. The standard InChI is InChI=1S/C46H56N2O14/c1-23-14-13-15-24(2)45(56)48-36-31(22-47-60-21-20-58-30-16-11-10-12-17-30)40(53)33-34(41(36)54)39(52)28(6)43-35(33)44(55)46(8,62-43)59-19-18-32(57-9)25(3)42(61-29(7)49)27(5)38(51)26(4)37(23)50/h10-19,22-23,25-27,32,37-38,42,50-54H,20-21H2,1-9H3,(H,48,56)/b14-13+,19-18+,24-15+,47-22?. The number of carbonyl (C=O) groups is 3. The van der Waals surface area contributed by atoms with Crippen LogP contribution in [0.1, 0.15) is 70.0 Å². The minimum absolute atomic E-state index is 0.0183. The molecule has 0 saturated carbocycles. The van der Waals surface area contributed by atoms with Gasteiger partial charge in [0, 0.05) is 61.2 Å². The van der Waals surface area contributed by atoms with E-state index in [1.165, 1.54) is 53.2 Å². The van der Waals surface area contributed by atoms with E-state index in [1.54, 1.807) is 52.0 Å². The molecular formula is C46H56N2O14. The summed E-state index contributed by atoms with van der Waals surface area (Å²) in [6.45, 7) is 12.4. The number of aliphatic hydroxyl groups is 2. The van der Waals surface area contributed by atoms with Gasteiger partial charge in [0.1, 0.15) is 35.7 Å². The molecule has 334 valence electrons. The molecule has 6 N–H and O–H groups in total. The van der Waals surface area contributed by atoms with Crippen molar-refractivity contribution in [1.82, 2.24) is 0 Å². The number of hydrogen-bond donors (Lipinski definition) is 6. The maximum atomic E-state index is 14.4. The number of phenols is 3. The summed E-state index contributed by atoms with van der Waals surface area (Å²) in [7, 11) is 1.42. The molecule has 1 amide bonds. The topological polar surface area (TPSA) is 232 Å². The lowest BCUT2D eigenvalue weighted by atomic mass is 9.78. The number of esters is 1. The monoisotopic (exact) mass is 860 g/mol. The molecule has 16 nitrogen and oxygen atoms in total. The lowest BCUT2D eigenvalue weighted by Gasteiger charge is -2.38. The highest BCUT2D eigenvalue weighted by atomic mass is 16.7. The van der Waals surface area contributed by atoms with Crippen LogP contribution >= 0.6 is 0 Å². The predicted molar refractivity (Wildman–Crippen MR) is 229 cm³/mol. The number of benzene rings is 3. The highest BCUT2D eigenvalue weighted by molar-refractivity contribution is 6.23. The zero-order chi connectivity index (χ0) is 45.6. The number of para-hydroxylation sites is 1. The quantitative estimate of drug-likeness (QED) is 0.0371. The second kappa shape index (κ2) is 19.7. The van der Waals surface area contributed by atoms with Gasteiger partial charge in [-0.25, -0.2) is 0 Å². The largest absolute Gasteiger partial charge is 0.507 e. The number of aliphatic hydroxyl groups excluding tert-OH is 2. The normalized spacial score (nSPS) is 29.0. The van der Waals surface area contributed by atoms with E-state index in [0.717, 1.165) is 6.21 Å². The molecule has 0 aliphatic carbocycles. The zero-order valence-electron chi connectivity index (χ0n) is 36.2. The highest BCUT2D eigenvalue weighted by Gasteiger charge is 2.50. The lowest BCUT2D eigenvalue weighted by molar-refractivity contribution is -0.160. The van der Waals surface area contributed by atoms with Gasteiger partial charge in [0.25, 0.3) is 11.7 Å². The molecule has 3 aliphatic rings. The number of methoxy groups -OCH3 is 1. The van der Waals surface area contributed by atoms with Gasteiger partial charge in [-0.2, -0.15) is 0 Å². The fraction of sp³-hybridized carbons (Fsp3) is 0.435. The van der Waals surface area contributed by atoms with Gasteiger partial charge in [0.2, 0.25) is 0 Å². The SMILES string of the molecule is COC1/C=C/OC2(C)Oc3c(C)c(O)c4c(O)c(c(C=NOCCOc5ccccc5)c(O)c4c3C2=O)NC(=O)/C(C)=C/C=C/C(C)C(O)C(C)C(O)C(C)C(OC(C)=O)C1C. The van der Waals surface area contributed by atoms with Crippen LogP contribution < -0.4 is 14.8 Å². The van der Waals surface area contributed by atoms with Crippen molar-refractivity contribution in [2.75, 3.05) is 25.6 Å². The lowest BCUT2D eigenvalue weighted by Crippen LogP contribution is -2.46. The minimum Gasteiger partial charge on any atom is -0.507 e. The van der Waals surface area contributed by atoms with Crippen molar-refractivity contribution in [3.8, 4) is 28.7 Å². The number of amides is 1. The molecule has 0 spiro atoms. The van der Waals surface area contributed by atoms with E-state index in [4.69, 9.17) is 28.5 Å². The predicted octanol–water partition coefficient (Wildman–Crippen LogP) is 6.18. The molecule has 0 radical (unpaired) electrons. The number of allylic oxidation sites excluding steroid dienone is 2. The smallest absolute Gasteiger partial charge is 0.312 e. The average Bonchev–Trinajstić information content (AvgIpc) is 3.51. The number of ether oxygens (including phenoxy) is 5. The van der Waals surface area contributed by atoms with Gasteiger partial charge >= 0.3 is 11.8 Å². The number of rotatable bonds is 8. The molecule has 0 fully saturated rings. The number of Topliss-reactive ketones (excluding diaryl/α,β-unsaturated/α-hetero) is 1. The van der Waals surface area contributed by atoms with Crippen LogP contribution in [0.3, 0.4) is 0 Å². The molecule has 0 saturated heterocycles. The van der Waals surface area contributed by atoms with Crippen LogP contribution in [0.5, 0.6) is 28.7 Å². The van der Waals surface area contributed by atoms with Crippen LogP contribution in [0.4, 0.5) is 5.69 Å². The molecule has 3 aromatic rings. The Bertz CT molecular complexity index is 2270. The molecule has 6 rings (SSSR count). The number of aromatic hydroxyl groups is 3. The summed E-state index contributed by atoms with van der Waals surface area (Å²) in [5.74, 6) is -8.24. The molecule has 62 heavy (non-hydrogen) atoms. The van der Waals surface area contributed by atoms with E-state index in [2.05, 4.69) is 10.5 Å². The molecule has 9 unspecified atom stereocenters. The fourth-order valence-electron chi connectivity index (χ4n) is 7.73. The summed E-state index contributed by atoms with van der Waals surface area (Å²) in [5.41, 5.74) is -0.742. The number of anilines is 1. The van der Waals surface area contributed by atoms with Crippen molar-refractivity contribution < 1.29 is 68.4 Å². The Hall–Kier alpha value is -6.10. The fourth-order valence-corrected chi connectivity index (χ4v) is 7.73. The first-order valence-electron chi connectivity index (χ1n) is 20.3. The second-order valence-corrected chi connectivity index (χ2v) is 15.8. The first kappa shape index (κ1) is 47.0. The third-order valence-corrected chi connectivity index (χ3v) is 11.5. The van der Waals surface area contributed by atoms with Crippen LogP contribution in [0.15, 0.2) is 71.6 Å². The number of carbonyl (C=O) groups excluding carboxylic acids is 3. The van der Waals surface area contributed by atoms with Gasteiger partial charge in [-0.1, -0.05) is 69.3 Å². The summed E-state index contributed by atoms with van der Waals surface area (Å²) in [5, 5.41) is 64.1. The first-order chi connectivity index (χ1) is 29.3. The maximum absolute atomic E-state index is 14.4. The van der Waals surface area contributed by atoms with Crippen molar-refractivity contribution in [1.29, 1.82) is 0 Å². The summed E-state index contributed by atoms with van der Waals surface area (Å²) >= 11 is 0. The van der Waals surface area contributed by atoms with Gasteiger partial charge in [-0.3, -0.25) is 14.4 Å². The molecule has 3 aromatic carbocycles. The number of oxime groups is 1. The minimum atomic E-state index is -2.08. The molecule has 5 bridgehead atoms. The van der Waals surface area contributed by atoms with E-state index in [-0.39, 0.29) is 57.7 Å². The Morgan fingerprint density at radius 3 is 2.27 bits per heavy atom. The molecule has 9 atom stereocenters. The van der Waals surface area contributed by atoms with Crippen molar-refractivity contribution in [2.24, 2.45) is 28.8 Å². The van der Waals surface area contributed by atoms with Crippen molar-refractivity contribution in [2.45, 2.75) is 85.6 Å². The van der Waals surface area contributed by atoms with Crippen LogP contribution in [0.25, 0.3) is 10.8 Å². The Morgan fingerprint density at radius 1 is 0.919 bits per heavy atom. The third kappa shape index (κ3) is 9.67. The third-order valence-electron chi connectivity index (χ3n) is 11.5. The first-order valence-corrected chi connectivity index (χ1v) is 20.3. The Balaban J connectivity index is 1.64. The Labute approximate surface area is 360 Å². The van der Waals surface area contributed by atoms with E-state index < -0.39 is 88.8 Å². The van der Waals surface area contributed by atoms with Crippen molar-refractivity contribution in [3.63, 3.8) is 0 Å². The van der Waals surface area contributed by atoms with E-state index in [9.17, 15) is 39.9 Å². The van der Waals surface area contributed by atoms with Crippen molar-refractivity contribution >= 4 is 40.3 Å². The van der Waals surface area contributed by atoms with Gasteiger partial charge in [0.05, 0.1) is 53.0 Å². The van der Waals surface area contributed by atoms with Gasteiger partial charge in [-0.15, -0.1) is 0 Å². The number of phenolic OH excluding ortho intramolecular Hbond substituents is 3. The zero-order valence-corrected chi connectivity index (χ0v) is 36.2. The van der Waals surface area contributed by atoms with E-state index in [0.29, 0.717) is 5.75 Å². The molecule has 3 heterocycles.